The van der Waals surface area contributed by atoms with Gasteiger partial charge in [-0.3, -0.25) is 9.48 Å². The van der Waals surface area contributed by atoms with Crippen molar-refractivity contribution < 1.29 is 14.6 Å². The Morgan fingerprint density at radius 1 is 1.57 bits per heavy atom. The molecule has 1 heterocycles. The van der Waals surface area contributed by atoms with E-state index >= 15 is 0 Å². The van der Waals surface area contributed by atoms with Crippen LogP contribution in [0.2, 0.25) is 0 Å². The number of aliphatic hydroxyl groups excluding tert-OH is 1. The first-order valence-corrected chi connectivity index (χ1v) is 7.62. The van der Waals surface area contributed by atoms with Gasteiger partial charge in [-0.1, -0.05) is 12.8 Å². The number of carbonyl (C=O) groups is 1. The number of nitrogens with zero attached hydrogens (tertiary/aromatic N) is 2. The molecule has 1 amide bonds. The fourth-order valence-corrected chi connectivity index (χ4v) is 2.89. The Morgan fingerprint density at radius 2 is 2.29 bits per heavy atom. The van der Waals surface area contributed by atoms with E-state index in [0.717, 1.165) is 18.5 Å². The highest BCUT2D eigenvalue weighted by Gasteiger charge is 2.22. The average molecular weight is 295 g/mol. The van der Waals surface area contributed by atoms with Crippen LogP contribution in [0.5, 0.6) is 0 Å². The van der Waals surface area contributed by atoms with Crippen molar-refractivity contribution >= 4 is 5.91 Å². The number of methoxy groups -OCH3 is 1. The van der Waals surface area contributed by atoms with Gasteiger partial charge in [0.1, 0.15) is 0 Å². The molecule has 1 saturated carbocycles. The molecule has 0 radical (unpaired) electrons. The molecule has 21 heavy (non-hydrogen) atoms. The second-order valence-electron chi connectivity index (χ2n) is 5.68. The lowest BCUT2D eigenvalue weighted by molar-refractivity contribution is 0.0587. The lowest BCUT2D eigenvalue weighted by atomic mass is 10.2. The van der Waals surface area contributed by atoms with Crippen molar-refractivity contribution in [1.29, 1.82) is 0 Å². The molecule has 6 nitrogen and oxygen atoms in total. The number of rotatable bonds is 7. The predicted octanol–water partition coefficient (Wildman–Crippen LogP) is 1.43. The molecule has 118 valence electrons. The minimum Gasteiger partial charge on any atom is -0.391 e. The number of nitrogens with one attached hydrogen (secondary N) is 1. The smallest absolute Gasteiger partial charge is 0.254 e. The summed E-state index contributed by atoms with van der Waals surface area (Å²) in [6, 6.07) is 0.440. The number of carbonyl (C=O) groups excluding carboxylic acids is 1. The van der Waals surface area contributed by atoms with E-state index in [9.17, 15) is 9.90 Å². The number of aromatic nitrogens is 2. The third-order valence-corrected chi connectivity index (χ3v) is 4.08. The maximum atomic E-state index is 12.2. The van der Waals surface area contributed by atoms with Crippen LogP contribution >= 0.6 is 0 Å². The monoisotopic (exact) mass is 295 g/mol. The van der Waals surface area contributed by atoms with Crippen molar-refractivity contribution in [2.45, 2.75) is 51.2 Å². The van der Waals surface area contributed by atoms with Gasteiger partial charge in [-0.15, -0.1) is 0 Å². The summed E-state index contributed by atoms with van der Waals surface area (Å²) >= 11 is 0. The Hall–Kier alpha value is -1.40. The van der Waals surface area contributed by atoms with Crippen molar-refractivity contribution in [3.63, 3.8) is 0 Å². The van der Waals surface area contributed by atoms with Gasteiger partial charge in [-0.2, -0.15) is 5.10 Å². The van der Waals surface area contributed by atoms with Crippen LogP contribution in [0.1, 0.15) is 54.2 Å². The Labute approximate surface area is 125 Å². The molecule has 6 heteroatoms. The summed E-state index contributed by atoms with van der Waals surface area (Å²) in [5.41, 5.74) is 1.56. The number of hydrogen-bond donors (Lipinski definition) is 2. The highest BCUT2D eigenvalue weighted by molar-refractivity contribution is 5.95. The third-order valence-electron chi connectivity index (χ3n) is 4.08. The first-order chi connectivity index (χ1) is 10.1. The van der Waals surface area contributed by atoms with Crippen LogP contribution in [0.3, 0.4) is 0 Å². The van der Waals surface area contributed by atoms with Crippen molar-refractivity contribution in [2.75, 3.05) is 20.3 Å². The first-order valence-electron chi connectivity index (χ1n) is 7.62. The van der Waals surface area contributed by atoms with Crippen LogP contribution in [0, 0.1) is 6.92 Å². The molecule has 1 aromatic rings. The van der Waals surface area contributed by atoms with Crippen molar-refractivity contribution in [3.8, 4) is 0 Å². The van der Waals surface area contributed by atoms with E-state index in [1.807, 2.05) is 11.6 Å². The summed E-state index contributed by atoms with van der Waals surface area (Å²) in [4.78, 5) is 12.2. The summed E-state index contributed by atoms with van der Waals surface area (Å²) in [6.07, 6.45) is 6.35. The van der Waals surface area contributed by atoms with Gasteiger partial charge in [0, 0.05) is 19.3 Å². The van der Waals surface area contributed by atoms with Crippen LogP contribution in [-0.2, 0) is 4.74 Å². The molecule has 0 bridgehead atoms. The van der Waals surface area contributed by atoms with Gasteiger partial charge in [0.15, 0.2) is 0 Å². The van der Waals surface area contributed by atoms with E-state index in [1.165, 1.54) is 12.8 Å². The van der Waals surface area contributed by atoms with Crippen molar-refractivity contribution in [3.05, 3.63) is 17.5 Å². The Bertz CT molecular complexity index is 467. The fraction of sp³-hybridized carbons (Fsp3) is 0.733. The van der Waals surface area contributed by atoms with Gasteiger partial charge in [0.2, 0.25) is 0 Å². The molecular formula is C15H25N3O3. The van der Waals surface area contributed by atoms with Crippen LogP contribution < -0.4 is 5.32 Å². The molecule has 1 aromatic heterocycles. The highest BCUT2D eigenvalue weighted by Crippen LogP contribution is 2.30. The number of ether oxygens (including phenoxy) is 1. The van der Waals surface area contributed by atoms with Crippen LogP contribution in [-0.4, -0.2) is 47.2 Å². The van der Waals surface area contributed by atoms with E-state index in [1.54, 1.807) is 13.3 Å². The maximum absolute atomic E-state index is 12.2. The van der Waals surface area contributed by atoms with E-state index in [0.29, 0.717) is 24.6 Å². The molecule has 1 unspecified atom stereocenters. The van der Waals surface area contributed by atoms with Gasteiger partial charge in [-0.05, 0) is 26.2 Å². The molecule has 2 N–H and O–H groups in total. The molecule has 0 spiro atoms. The van der Waals surface area contributed by atoms with Gasteiger partial charge in [0.05, 0.1) is 30.5 Å². The van der Waals surface area contributed by atoms with E-state index in [4.69, 9.17) is 4.74 Å². The number of amides is 1. The molecule has 1 fully saturated rings. The van der Waals surface area contributed by atoms with Gasteiger partial charge in [-0.25, -0.2) is 0 Å². The molecule has 0 saturated heterocycles. The summed E-state index contributed by atoms with van der Waals surface area (Å²) in [5.74, 6) is -0.124. The fourth-order valence-electron chi connectivity index (χ4n) is 2.89. The zero-order chi connectivity index (χ0) is 15.2. The topological polar surface area (TPSA) is 76.4 Å². The Morgan fingerprint density at radius 3 is 2.95 bits per heavy atom. The second kappa shape index (κ2) is 7.56. The zero-order valence-corrected chi connectivity index (χ0v) is 12.8. The molecular weight excluding hydrogens is 270 g/mol. The zero-order valence-electron chi connectivity index (χ0n) is 12.8. The number of aliphatic hydroxyl groups is 1. The second-order valence-corrected chi connectivity index (χ2v) is 5.68. The summed E-state index contributed by atoms with van der Waals surface area (Å²) in [6.45, 7) is 2.66. The Balaban J connectivity index is 1.88. The summed E-state index contributed by atoms with van der Waals surface area (Å²) < 4.78 is 6.84. The predicted molar refractivity (Wildman–Crippen MR) is 79.3 cm³/mol. The molecule has 1 atom stereocenters. The SMILES string of the molecule is COCC(O)CCNC(=O)c1cnn(C2CCCC2)c1C. The molecule has 1 aliphatic rings. The van der Waals surface area contributed by atoms with Gasteiger partial charge < -0.3 is 15.2 Å². The van der Waals surface area contributed by atoms with Crippen molar-refractivity contribution in [2.24, 2.45) is 0 Å². The van der Waals surface area contributed by atoms with Crippen LogP contribution in [0.4, 0.5) is 0 Å². The number of hydrogen-bond acceptors (Lipinski definition) is 4. The van der Waals surface area contributed by atoms with Crippen molar-refractivity contribution in [1.82, 2.24) is 15.1 Å². The van der Waals surface area contributed by atoms with E-state index in [2.05, 4.69) is 10.4 Å². The normalized spacial score (nSPS) is 17.1. The van der Waals surface area contributed by atoms with E-state index in [-0.39, 0.29) is 12.5 Å². The van der Waals surface area contributed by atoms with Crippen LogP contribution in [0.25, 0.3) is 0 Å². The molecule has 1 aliphatic carbocycles. The first kappa shape index (κ1) is 16.0. The van der Waals surface area contributed by atoms with Gasteiger partial charge >= 0.3 is 0 Å². The lowest BCUT2D eigenvalue weighted by Crippen LogP contribution is -2.28. The standard InChI is InChI=1S/C15H25N3O3/c1-11-14(9-17-18(11)12-5-3-4-6-12)15(20)16-8-7-13(19)10-21-2/h9,12-13,19H,3-8,10H2,1-2H3,(H,16,20). The van der Waals surface area contributed by atoms with Gasteiger partial charge in [0.25, 0.3) is 5.91 Å². The minimum atomic E-state index is -0.544. The quantitative estimate of drug-likeness (QED) is 0.798. The third kappa shape index (κ3) is 4.04. The molecule has 2 rings (SSSR count). The molecule has 0 aromatic carbocycles. The highest BCUT2D eigenvalue weighted by atomic mass is 16.5. The summed E-state index contributed by atoms with van der Waals surface area (Å²) in [5, 5.41) is 16.7. The van der Waals surface area contributed by atoms with Crippen LogP contribution in [0.15, 0.2) is 6.20 Å². The average Bonchev–Trinajstić information content (AvgIpc) is 3.07. The Kier molecular flexibility index (Phi) is 5.76. The largest absolute Gasteiger partial charge is 0.391 e. The van der Waals surface area contributed by atoms with E-state index < -0.39 is 6.10 Å². The lowest BCUT2D eigenvalue weighted by Gasteiger charge is -2.13. The summed E-state index contributed by atoms with van der Waals surface area (Å²) in [7, 11) is 1.54. The minimum absolute atomic E-state index is 0.124. The molecule has 0 aliphatic heterocycles. The maximum Gasteiger partial charge on any atom is 0.254 e.